The number of nitrogens with two attached hydrogens (primary N) is 1. The number of allylic oxidation sites excluding steroid dienone is 3. The Morgan fingerprint density at radius 2 is 2.22 bits per heavy atom. The zero-order chi connectivity index (χ0) is 16.7. The van der Waals surface area contributed by atoms with Crippen LogP contribution in [0.1, 0.15) is 26.2 Å². The van der Waals surface area contributed by atoms with E-state index >= 15 is 0 Å². The first-order chi connectivity index (χ1) is 11.1. The normalized spacial score (nSPS) is 16.3. The van der Waals surface area contributed by atoms with E-state index < -0.39 is 0 Å². The number of hydrogen-bond acceptors (Lipinski definition) is 4. The topological polar surface area (TPSA) is 58.4 Å². The number of carbonyl (C=O) groups excluding carboxylic acids is 1. The molecule has 1 aliphatic rings. The highest BCUT2D eigenvalue weighted by molar-refractivity contribution is 5.79. The van der Waals surface area contributed by atoms with E-state index in [-0.39, 0.29) is 0 Å². The van der Waals surface area contributed by atoms with Gasteiger partial charge in [-0.05, 0) is 30.5 Å². The Hall–Kier alpha value is -2.23. The second kappa shape index (κ2) is 8.42. The molecule has 0 aromatic heterocycles. The first-order valence-electron chi connectivity index (χ1n) is 8.31. The summed E-state index contributed by atoms with van der Waals surface area (Å²) in [5, 5.41) is 3.13. The minimum atomic E-state index is 0.304. The average molecular weight is 313 g/mol. The van der Waals surface area contributed by atoms with E-state index in [0.717, 1.165) is 36.6 Å². The van der Waals surface area contributed by atoms with E-state index in [1.807, 2.05) is 26.1 Å². The summed E-state index contributed by atoms with van der Waals surface area (Å²) in [6.07, 6.45) is 10.9. The third-order valence-corrected chi connectivity index (χ3v) is 4.25. The first kappa shape index (κ1) is 17.1. The zero-order valence-corrected chi connectivity index (χ0v) is 14.1. The van der Waals surface area contributed by atoms with Crippen LogP contribution in [-0.2, 0) is 4.79 Å². The molecule has 0 radical (unpaired) electrons. The van der Waals surface area contributed by atoms with Crippen molar-refractivity contribution >= 4 is 22.8 Å². The van der Waals surface area contributed by atoms with Crippen LogP contribution >= 0.6 is 0 Å². The minimum Gasteiger partial charge on any atom is -0.397 e. The summed E-state index contributed by atoms with van der Waals surface area (Å²) in [4.78, 5) is 14.0. The number of hydrogen-bond donors (Lipinski definition) is 2. The Morgan fingerprint density at radius 1 is 1.39 bits per heavy atom. The lowest BCUT2D eigenvalue weighted by Crippen LogP contribution is -2.31. The molecule has 124 valence electrons. The zero-order valence-electron chi connectivity index (χ0n) is 14.1. The van der Waals surface area contributed by atoms with E-state index in [4.69, 9.17) is 5.73 Å². The molecule has 23 heavy (non-hydrogen) atoms. The van der Waals surface area contributed by atoms with Gasteiger partial charge in [-0.3, -0.25) is 4.79 Å². The van der Waals surface area contributed by atoms with Gasteiger partial charge in [-0.25, -0.2) is 0 Å². The molecule has 0 fully saturated rings. The van der Waals surface area contributed by atoms with Crippen LogP contribution in [0.25, 0.3) is 0 Å². The fraction of sp³-hybridized carbons (Fsp3) is 0.421. The van der Waals surface area contributed by atoms with Gasteiger partial charge in [0.15, 0.2) is 0 Å². The Bertz CT molecular complexity index is 592. The molecule has 1 aromatic carbocycles. The summed E-state index contributed by atoms with van der Waals surface area (Å²) in [6, 6.07) is 6.02. The second-order valence-electron chi connectivity index (χ2n) is 5.92. The average Bonchev–Trinajstić information content (AvgIpc) is 2.59. The van der Waals surface area contributed by atoms with Crippen molar-refractivity contribution in [2.24, 2.45) is 5.92 Å². The minimum absolute atomic E-state index is 0.304. The van der Waals surface area contributed by atoms with Crippen LogP contribution in [0, 0.1) is 5.92 Å². The molecule has 0 saturated carbocycles. The van der Waals surface area contributed by atoms with Crippen LogP contribution < -0.4 is 16.0 Å². The van der Waals surface area contributed by atoms with Crippen molar-refractivity contribution in [1.82, 2.24) is 0 Å². The molecule has 3 N–H and O–H groups in total. The highest BCUT2D eigenvalue weighted by Gasteiger charge is 2.15. The molecule has 4 heteroatoms. The number of anilines is 3. The van der Waals surface area contributed by atoms with Gasteiger partial charge >= 0.3 is 0 Å². The quantitative estimate of drug-likeness (QED) is 0.720. The van der Waals surface area contributed by atoms with Crippen molar-refractivity contribution in [2.75, 3.05) is 36.1 Å². The molecule has 4 nitrogen and oxygen atoms in total. The molecule has 0 spiro atoms. The molecule has 1 aromatic rings. The Morgan fingerprint density at radius 3 is 2.87 bits per heavy atom. The fourth-order valence-electron chi connectivity index (χ4n) is 2.77. The highest BCUT2D eigenvalue weighted by Crippen LogP contribution is 2.27. The lowest BCUT2D eigenvalue weighted by atomic mass is 9.99. The van der Waals surface area contributed by atoms with E-state index in [2.05, 4.69) is 40.6 Å². The van der Waals surface area contributed by atoms with E-state index in [1.165, 1.54) is 0 Å². The van der Waals surface area contributed by atoms with Gasteiger partial charge in [-0.15, -0.1) is 0 Å². The monoisotopic (exact) mass is 313 g/mol. The summed E-state index contributed by atoms with van der Waals surface area (Å²) in [7, 11) is 1.87. The number of Topliss-reactive ketones (excluding diaryl/α,β-unsaturated/α-hetero) is 1. The molecule has 0 saturated heterocycles. The maximum absolute atomic E-state index is 11.7. The highest BCUT2D eigenvalue weighted by atomic mass is 16.1. The van der Waals surface area contributed by atoms with Crippen molar-refractivity contribution in [3.8, 4) is 0 Å². The number of nitrogens with zero attached hydrogens (tertiary/aromatic N) is 1. The first-order valence-corrected chi connectivity index (χ1v) is 8.31. The molecule has 1 unspecified atom stereocenters. The molecular formula is C19H27N3O. The summed E-state index contributed by atoms with van der Waals surface area (Å²) in [5.74, 6) is 0.783. The molecule has 2 rings (SSSR count). The molecule has 1 aliphatic carbocycles. The SMILES string of the molecule is CCC(=O)CCN(CC1C=CC=CC1)c1ccc(N)c(NC)c1. The molecule has 0 heterocycles. The second-order valence-corrected chi connectivity index (χ2v) is 5.92. The number of carbonyl (C=O) groups is 1. The number of rotatable bonds is 8. The van der Waals surface area contributed by atoms with Crippen molar-refractivity contribution in [3.05, 3.63) is 42.5 Å². The van der Waals surface area contributed by atoms with Crippen molar-refractivity contribution < 1.29 is 4.79 Å². The standard InChI is InChI=1S/C19H27N3O/c1-3-17(23)11-12-22(14-15-7-5-4-6-8-15)16-9-10-18(20)19(13-16)21-2/h4-7,9-10,13,15,21H,3,8,11-12,14,20H2,1-2H3. The molecular weight excluding hydrogens is 286 g/mol. The third-order valence-electron chi connectivity index (χ3n) is 4.25. The van der Waals surface area contributed by atoms with Crippen molar-refractivity contribution in [3.63, 3.8) is 0 Å². The van der Waals surface area contributed by atoms with Crippen LogP contribution in [-0.4, -0.2) is 25.9 Å². The number of benzene rings is 1. The summed E-state index contributed by atoms with van der Waals surface area (Å²) < 4.78 is 0. The van der Waals surface area contributed by atoms with Gasteiger partial charge in [0.2, 0.25) is 0 Å². The Labute approximate surface area is 139 Å². The van der Waals surface area contributed by atoms with Crippen LogP contribution in [0.2, 0.25) is 0 Å². The number of nitrogen functional groups attached to an aromatic ring is 1. The van der Waals surface area contributed by atoms with Crippen molar-refractivity contribution in [1.29, 1.82) is 0 Å². The molecule has 0 amide bonds. The van der Waals surface area contributed by atoms with E-state index in [9.17, 15) is 4.79 Å². The van der Waals surface area contributed by atoms with Crippen LogP contribution in [0.15, 0.2) is 42.5 Å². The van der Waals surface area contributed by atoms with Gasteiger partial charge < -0.3 is 16.0 Å². The molecule has 0 bridgehead atoms. The Kier molecular flexibility index (Phi) is 6.27. The summed E-state index contributed by atoms with van der Waals surface area (Å²) in [5.41, 5.74) is 8.74. The molecule has 0 aliphatic heterocycles. The maximum atomic E-state index is 11.7. The van der Waals surface area contributed by atoms with E-state index in [1.54, 1.807) is 0 Å². The Balaban J connectivity index is 2.15. The summed E-state index contributed by atoms with van der Waals surface area (Å²) in [6.45, 7) is 3.57. The fourth-order valence-corrected chi connectivity index (χ4v) is 2.77. The van der Waals surface area contributed by atoms with Crippen LogP contribution in [0.4, 0.5) is 17.1 Å². The maximum Gasteiger partial charge on any atom is 0.134 e. The van der Waals surface area contributed by atoms with Gasteiger partial charge in [-0.2, -0.15) is 0 Å². The third kappa shape index (κ3) is 4.88. The molecule has 1 atom stereocenters. The smallest absolute Gasteiger partial charge is 0.134 e. The number of ketones is 1. The predicted octanol–water partition coefficient (Wildman–Crippen LogP) is 3.62. The van der Waals surface area contributed by atoms with Gasteiger partial charge in [-0.1, -0.05) is 31.2 Å². The van der Waals surface area contributed by atoms with Crippen LogP contribution in [0.3, 0.4) is 0 Å². The van der Waals surface area contributed by atoms with Gasteiger partial charge in [0.05, 0.1) is 11.4 Å². The predicted molar refractivity (Wildman–Crippen MR) is 98.9 cm³/mol. The lowest BCUT2D eigenvalue weighted by molar-refractivity contribution is -0.118. The van der Waals surface area contributed by atoms with Gasteiger partial charge in [0.25, 0.3) is 0 Å². The lowest BCUT2D eigenvalue weighted by Gasteiger charge is -2.29. The van der Waals surface area contributed by atoms with Gasteiger partial charge in [0, 0.05) is 38.7 Å². The van der Waals surface area contributed by atoms with Gasteiger partial charge in [0.1, 0.15) is 5.78 Å². The van der Waals surface area contributed by atoms with E-state index in [0.29, 0.717) is 24.5 Å². The largest absolute Gasteiger partial charge is 0.397 e. The number of nitrogens with one attached hydrogen (secondary N) is 1. The summed E-state index contributed by atoms with van der Waals surface area (Å²) >= 11 is 0. The van der Waals surface area contributed by atoms with Crippen molar-refractivity contribution in [2.45, 2.75) is 26.2 Å². The van der Waals surface area contributed by atoms with Crippen LogP contribution in [0.5, 0.6) is 0 Å².